The van der Waals surface area contributed by atoms with Crippen LogP contribution < -0.4 is 15.1 Å². The first-order valence-electron chi connectivity index (χ1n) is 21.6. The van der Waals surface area contributed by atoms with E-state index in [2.05, 4.69) is 156 Å². The quantitative estimate of drug-likeness (QED) is 0.0968. The molecule has 1 heterocycles. The summed E-state index contributed by atoms with van der Waals surface area (Å²) in [4.78, 5) is 22.7. The van der Waals surface area contributed by atoms with E-state index in [4.69, 9.17) is 14.1 Å². The summed E-state index contributed by atoms with van der Waals surface area (Å²) in [7, 11) is 0. The number of hydrogen-bond acceptors (Lipinski definition) is 5. The van der Waals surface area contributed by atoms with Crippen molar-refractivity contribution in [1.82, 2.24) is 4.98 Å². The fourth-order valence-corrected chi connectivity index (χ4v) is 7.61. The van der Waals surface area contributed by atoms with Crippen LogP contribution in [0.15, 0.2) is 88.1 Å². The summed E-state index contributed by atoms with van der Waals surface area (Å²) in [5.74, 6) is 0.558. The summed E-state index contributed by atoms with van der Waals surface area (Å²) < 4.78 is 14.3. The minimum absolute atomic E-state index is 0.123. The molecule has 4 aromatic rings. The minimum atomic E-state index is -0.625. The van der Waals surface area contributed by atoms with Crippen LogP contribution in [0.3, 0.4) is 0 Å². The van der Waals surface area contributed by atoms with E-state index >= 15 is 0 Å². The van der Waals surface area contributed by atoms with E-state index < -0.39 is 6.10 Å². The highest BCUT2D eigenvalue weighted by atomic mass is 16.5. The third kappa shape index (κ3) is 9.14. The van der Waals surface area contributed by atoms with Crippen LogP contribution in [0, 0.1) is 0 Å². The molecule has 0 unspecified atom stereocenters. The highest BCUT2D eigenvalue weighted by Crippen LogP contribution is 2.43. The number of fused-ring (bicyclic) bond motifs is 4. The van der Waals surface area contributed by atoms with Crippen LogP contribution in [0.1, 0.15) is 162 Å². The molecule has 0 spiro atoms. The lowest BCUT2D eigenvalue weighted by atomic mass is 9.77. The lowest BCUT2D eigenvalue weighted by Gasteiger charge is -2.31. The van der Waals surface area contributed by atoms with Crippen molar-refractivity contribution in [2.45, 2.75) is 150 Å². The minimum Gasteiger partial charge on any atom is -0.473 e. The van der Waals surface area contributed by atoms with Gasteiger partial charge in [0.1, 0.15) is 17.3 Å². The fraction of sp³-hybridized carbons (Fsp3) is 0.472. The van der Waals surface area contributed by atoms with Gasteiger partial charge in [0.25, 0.3) is 0 Å². The second-order valence-electron chi connectivity index (χ2n) is 20.6. The van der Waals surface area contributed by atoms with Gasteiger partial charge < -0.3 is 14.1 Å². The van der Waals surface area contributed by atoms with Gasteiger partial charge in [-0.3, -0.25) is 4.79 Å². The lowest BCUT2D eigenvalue weighted by molar-refractivity contribution is 0.240. The summed E-state index contributed by atoms with van der Waals surface area (Å²) in [6.45, 7) is 33.5. The third-order valence-corrected chi connectivity index (χ3v) is 11.6. The highest BCUT2D eigenvalue weighted by molar-refractivity contribution is 5.99. The average molecular weight is 781 g/mol. The molecular weight excluding hydrogens is 713 g/mol. The van der Waals surface area contributed by atoms with E-state index in [1.807, 2.05) is 24.3 Å². The molecule has 0 N–H and O–H groups in total. The van der Waals surface area contributed by atoms with Crippen LogP contribution in [0.5, 0.6) is 5.75 Å². The molecule has 1 aliphatic heterocycles. The van der Waals surface area contributed by atoms with Crippen molar-refractivity contribution >= 4 is 27.6 Å². The Morgan fingerprint density at radius 2 is 1.09 bits per heavy atom. The molecule has 58 heavy (non-hydrogen) atoms. The highest BCUT2D eigenvalue weighted by Gasteiger charge is 2.32. The number of aromatic nitrogens is 1. The van der Waals surface area contributed by atoms with Crippen molar-refractivity contribution in [3.8, 4) is 17.2 Å². The molecule has 0 bridgehead atoms. The molecule has 1 aliphatic carbocycles. The van der Waals surface area contributed by atoms with E-state index in [1.165, 1.54) is 22.3 Å². The smallest absolute Gasteiger partial charge is 0.232 e. The summed E-state index contributed by atoms with van der Waals surface area (Å²) in [6.07, 6.45) is 3.85. The van der Waals surface area contributed by atoms with Crippen LogP contribution in [-0.4, -0.2) is 18.1 Å². The molecule has 0 fully saturated rings. The third-order valence-electron chi connectivity index (χ3n) is 11.6. The number of rotatable bonds is 11. The predicted octanol–water partition coefficient (Wildman–Crippen LogP) is 14.2. The van der Waals surface area contributed by atoms with E-state index in [0.717, 1.165) is 66.5 Å². The molecule has 308 valence electrons. The first-order valence-corrected chi connectivity index (χ1v) is 21.6. The number of nitrogens with zero attached hydrogens (tertiary/aromatic N) is 2. The topological polar surface area (TPSA) is 55.6 Å². The van der Waals surface area contributed by atoms with E-state index in [0.29, 0.717) is 22.4 Å². The normalized spacial score (nSPS) is 12.9. The Labute approximate surface area is 348 Å². The Balaban J connectivity index is 1.68. The second kappa shape index (κ2) is 16.2. The Kier molecular flexibility index (Phi) is 12.0. The SMILES string of the molecule is CCCCN(CCCC)c1ccc2nc3c4ccccc4c(=O)c(OC(c4cc(C(C)(C)C)cc(C(C)(C)C)c4)c4cc(C(C)(C)C)cc(C(C)(C)C)c4)c-3oc2c1. The van der Waals surface area contributed by atoms with E-state index in [-0.39, 0.29) is 32.8 Å². The molecule has 0 saturated heterocycles. The largest absolute Gasteiger partial charge is 0.473 e. The summed E-state index contributed by atoms with van der Waals surface area (Å²) >= 11 is 0. The van der Waals surface area contributed by atoms with Crippen molar-refractivity contribution < 1.29 is 9.15 Å². The van der Waals surface area contributed by atoms with Gasteiger partial charge in [-0.25, -0.2) is 4.98 Å². The Hall–Kier alpha value is -4.64. The maximum absolute atomic E-state index is 15.0. The molecule has 0 atom stereocenters. The summed E-state index contributed by atoms with van der Waals surface area (Å²) in [6, 6.07) is 27.8. The zero-order chi connectivity index (χ0) is 42.4. The molecule has 6 rings (SSSR count). The van der Waals surface area contributed by atoms with Gasteiger partial charge in [-0.05, 0) is 80.0 Å². The van der Waals surface area contributed by atoms with Crippen molar-refractivity contribution in [3.63, 3.8) is 0 Å². The van der Waals surface area contributed by atoms with Crippen LogP contribution in [-0.2, 0) is 21.7 Å². The van der Waals surface area contributed by atoms with Gasteiger partial charge in [0.05, 0.1) is 0 Å². The molecule has 4 aromatic carbocycles. The molecule has 0 aromatic heterocycles. The Morgan fingerprint density at radius 1 is 0.621 bits per heavy atom. The molecule has 0 amide bonds. The van der Waals surface area contributed by atoms with Crippen LogP contribution in [0.2, 0.25) is 0 Å². The van der Waals surface area contributed by atoms with Crippen LogP contribution >= 0.6 is 0 Å². The van der Waals surface area contributed by atoms with Gasteiger partial charge in [-0.2, -0.15) is 0 Å². The van der Waals surface area contributed by atoms with Gasteiger partial charge in [0.2, 0.25) is 11.2 Å². The average Bonchev–Trinajstić information content (AvgIpc) is 3.15. The van der Waals surface area contributed by atoms with Crippen LogP contribution in [0.25, 0.3) is 33.3 Å². The van der Waals surface area contributed by atoms with Gasteiger partial charge in [-0.1, -0.05) is 170 Å². The van der Waals surface area contributed by atoms with Gasteiger partial charge in [0.15, 0.2) is 11.3 Å². The van der Waals surface area contributed by atoms with E-state index in [9.17, 15) is 4.79 Å². The number of hydrogen-bond donors (Lipinski definition) is 0. The molecule has 0 radical (unpaired) electrons. The number of benzene rings is 5. The fourth-order valence-electron chi connectivity index (χ4n) is 7.61. The summed E-state index contributed by atoms with van der Waals surface area (Å²) in [5, 5.41) is 1.31. The second-order valence-corrected chi connectivity index (χ2v) is 20.6. The van der Waals surface area contributed by atoms with Crippen molar-refractivity contribution in [2.75, 3.05) is 18.0 Å². The molecule has 0 saturated carbocycles. The maximum Gasteiger partial charge on any atom is 0.232 e. The van der Waals surface area contributed by atoms with Crippen LogP contribution in [0.4, 0.5) is 5.69 Å². The zero-order valence-electron chi connectivity index (χ0n) is 37.9. The monoisotopic (exact) mass is 781 g/mol. The molecule has 5 heteroatoms. The maximum atomic E-state index is 15.0. The van der Waals surface area contributed by atoms with Gasteiger partial charge in [0, 0.05) is 35.6 Å². The first-order chi connectivity index (χ1) is 27.1. The van der Waals surface area contributed by atoms with E-state index in [1.54, 1.807) is 0 Å². The number of unbranched alkanes of at least 4 members (excludes halogenated alkanes) is 2. The van der Waals surface area contributed by atoms with Crippen molar-refractivity contribution in [2.24, 2.45) is 0 Å². The number of ether oxygens (including phenoxy) is 1. The molecule has 5 nitrogen and oxygen atoms in total. The molecular formula is C53H68N2O3. The van der Waals surface area contributed by atoms with Gasteiger partial charge >= 0.3 is 0 Å². The Bertz CT molecular complexity index is 2280. The van der Waals surface area contributed by atoms with Crippen molar-refractivity contribution in [3.05, 3.63) is 122 Å². The Morgan fingerprint density at radius 3 is 1.53 bits per heavy atom. The summed E-state index contributed by atoms with van der Waals surface area (Å²) in [5.41, 5.74) is 9.29. The standard InChI is InChI=1S/C53H68N2O3/c1-15-17-25-55(26-18-16-2)40-23-24-43-44(33-40)57-48-45(54-43)41-21-19-20-22-42(41)46(56)49(48)58-47(34-27-36(50(3,4)5)31-37(28-34)51(6,7)8)35-29-38(52(9,10)11)32-39(30-35)53(12,13)14/h19-24,27-33,47H,15-18,25-26H2,1-14H3. The number of anilines is 1. The predicted molar refractivity (Wildman–Crippen MR) is 247 cm³/mol. The first kappa shape index (κ1) is 43.0. The lowest BCUT2D eigenvalue weighted by Crippen LogP contribution is -2.25. The molecule has 2 aliphatic rings. The van der Waals surface area contributed by atoms with Crippen molar-refractivity contribution in [1.29, 1.82) is 0 Å². The van der Waals surface area contributed by atoms with Gasteiger partial charge in [-0.15, -0.1) is 0 Å². The zero-order valence-corrected chi connectivity index (χ0v) is 37.9.